The molecule has 21 heavy (non-hydrogen) atoms. The standard InChI is InChI=1S/C18H25NO2/c1-13-10-15(8-6-7-9-20)12-16(11-13)17(21)19-14(2)18(3,4)5/h10-12,14,20H,7,9H2,1-5H3,(H,19,21). The van der Waals surface area contributed by atoms with Crippen molar-refractivity contribution in [2.24, 2.45) is 5.41 Å². The van der Waals surface area contributed by atoms with Crippen LogP contribution in [0.15, 0.2) is 18.2 Å². The topological polar surface area (TPSA) is 49.3 Å². The maximum atomic E-state index is 12.3. The van der Waals surface area contributed by atoms with Gasteiger partial charge in [0.25, 0.3) is 5.91 Å². The van der Waals surface area contributed by atoms with Crippen molar-refractivity contribution < 1.29 is 9.90 Å². The van der Waals surface area contributed by atoms with E-state index in [1.165, 1.54) is 0 Å². The number of nitrogens with one attached hydrogen (secondary N) is 1. The van der Waals surface area contributed by atoms with Crippen molar-refractivity contribution in [2.75, 3.05) is 6.61 Å². The van der Waals surface area contributed by atoms with Gasteiger partial charge in [0.1, 0.15) is 0 Å². The summed E-state index contributed by atoms with van der Waals surface area (Å²) in [5.41, 5.74) is 2.44. The van der Waals surface area contributed by atoms with Crippen LogP contribution in [0.5, 0.6) is 0 Å². The third kappa shape index (κ3) is 5.61. The summed E-state index contributed by atoms with van der Waals surface area (Å²) in [4.78, 5) is 12.3. The second-order valence-electron chi connectivity index (χ2n) is 6.42. The molecular formula is C18H25NO2. The molecule has 3 nitrogen and oxygen atoms in total. The highest BCUT2D eigenvalue weighted by Crippen LogP contribution is 2.19. The van der Waals surface area contributed by atoms with Crippen molar-refractivity contribution in [1.29, 1.82) is 0 Å². The molecule has 0 saturated carbocycles. The number of aliphatic hydroxyl groups is 1. The average molecular weight is 287 g/mol. The van der Waals surface area contributed by atoms with Gasteiger partial charge >= 0.3 is 0 Å². The van der Waals surface area contributed by atoms with E-state index in [0.717, 1.165) is 11.1 Å². The molecule has 0 aromatic heterocycles. The zero-order valence-corrected chi connectivity index (χ0v) is 13.6. The van der Waals surface area contributed by atoms with Crippen LogP contribution in [0.2, 0.25) is 0 Å². The van der Waals surface area contributed by atoms with Crippen LogP contribution in [0.25, 0.3) is 0 Å². The lowest BCUT2D eigenvalue weighted by atomic mass is 9.88. The summed E-state index contributed by atoms with van der Waals surface area (Å²) in [6, 6.07) is 5.67. The van der Waals surface area contributed by atoms with Crippen LogP contribution < -0.4 is 5.32 Å². The summed E-state index contributed by atoms with van der Waals surface area (Å²) in [6.45, 7) is 10.3. The van der Waals surface area contributed by atoms with Gasteiger partial charge in [0, 0.05) is 23.6 Å². The number of rotatable bonds is 3. The fraction of sp³-hybridized carbons (Fsp3) is 0.500. The Kier molecular flexibility index (Phi) is 5.99. The molecule has 0 aliphatic carbocycles. The number of carbonyl (C=O) groups is 1. The second-order valence-corrected chi connectivity index (χ2v) is 6.42. The average Bonchev–Trinajstić information content (AvgIpc) is 2.37. The summed E-state index contributed by atoms with van der Waals surface area (Å²) in [7, 11) is 0. The van der Waals surface area contributed by atoms with E-state index in [1.807, 2.05) is 26.0 Å². The predicted molar refractivity (Wildman–Crippen MR) is 86.1 cm³/mol. The van der Waals surface area contributed by atoms with Gasteiger partial charge in [0.05, 0.1) is 6.61 Å². The van der Waals surface area contributed by atoms with Crippen molar-refractivity contribution in [3.8, 4) is 11.8 Å². The van der Waals surface area contributed by atoms with E-state index >= 15 is 0 Å². The fourth-order valence-corrected chi connectivity index (χ4v) is 1.70. The fourth-order valence-electron chi connectivity index (χ4n) is 1.70. The van der Waals surface area contributed by atoms with Gasteiger partial charge in [-0.1, -0.05) is 32.6 Å². The molecule has 0 spiro atoms. The molecule has 0 heterocycles. The van der Waals surface area contributed by atoms with E-state index in [1.54, 1.807) is 6.07 Å². The van der Waals surface area contributed by atoms with E-state index in [2.05, 4.69) is 37.9 Å². The molecule has 0 fully saturated rings. The highest BCUT2D eigenvalue weighted by atomic mass is 16.2. The van der Waals surface area contributed by atoms with Crippen LogP contribution in [-0.4, -0.2) is 23.7 Å². The lowest BCUT2D eigenvalue weighted by Crippen LogP contribution is -2.41. The number of hydrogen-bond acceptors (Lipinski definition) is 2. The maximum absolute atomic E-state index is 12.3. The molecule has 0 saturated heterocycles. The molecule has 1 amide bonds. The summed E-state index contributed by atoms with van der Waals surface area (Å²) < 4.78 is 0. The van der Waals surface area contributed by atoms with Crippen molar-refractivity contribution in [2.45, 2.75) is 47.1 Å². The van der Waals surface area contributed by atoms with E-state index < -0.39 is 0 Å². The largest absolute Gasteiger partial charge is 0.395 e. The van der Waals surface area contributed by atoms with Gasteiger partial charge < -0.3 is 10.4 Å². The highest BCUT2D eigenvalue weighted by molar-refractivity contribution is 5.95. The Morgan fingerprint density at radius 3 is 2.57 bits per heavy atom. The summed E-state index contributed by atoms with van der Waals surface area (Å²) >= 11 is 0. The molecule has 3 heteroatoms. The Morgan fingerprint density at radius 2 is 2.00 bits per heavy atom. The first-order valence-electron chi connectivity index (χ1n) is 7.26. The van der Waals surface area contributed by atoms with Gasteiger partial charge in [-0.25, -0.2) is 0 Å². The van der Waals surface area contributed by atoms with Crippen LogP contribution in [-0.2, 0) is 0 Å². The molecule has 1 aromatic carbocycles. The quantitative estimate of drug-likeness (QED) is 0.840. The van der Waals surface area contributed by atoms with Gasteiger partial charge in [-0.3, -0.25) is 4.79 Å². The summed E-state index contributed by atoms with van der Waals surface area (Å²) in [5.74, 6) is 5.78. The Morgan fingerprint density at radius 1 is 1.33 bits per heavy atom. The maximum Gasteiger partial charge on any atom is 0.251 e. The van der Waals surface area contributed by atoms with Crippen molar-refractivity contribution in [3.05, 3.63) is 34.9 Å². The van der Waals surface area contributed by atoms with Crippen LogP contribution in [0.4, 0.5) is 0 Å². The minimum absolute atomic E-state index is 0.0171. The van der Waals surface area contributed by atoms with Crippen LogP contribution in [0.1, 0.15) is 55.6 Å². The van der Waals surface area contributed by atoms with Crippen molar-refractivity contribution in [3.63, 3.8) is 0 Å². The zero-order chi connectivity index (χ0) is 16.0. The van der Waals surface area contributed by atoms with E-state index in [-0.39, 0.29) is 24.0 Å². The summed E-state index contributed by atoms with van der Waals surface area (Å²) in [5, 5.41) is 11.8. The first-order chi connectivity index (χ1) is 9.74. The predicted octanol–water partition coefficient (Wildman–Crippen LogP) is 2.89. The SMILES string of the molecule is Cc1cc(C#CCCO)cc(C(=O)NC(C)C(C)(C)C)c1. The van der Waals surface area contributed by atoms with Gasteiger partial charge in [0.15, 0.2) is 0 Å². The smallest absolute Gasteiger partial charge is 0.251 e. The molecule has 1 atom stereocenters. The van der Waals surface area contributed by atoms with Crippen molar-refractivity contribution in [1.82, 2.24) is 5.32 Å². The third-order valence-corrected chi connectivity index (χ3v) is 3.46. The number of benzene rings is 1. The normalized spacial score (nSPS) is 12.3. The van der Waals surface area contributed by atoms with Gasteiger partial charge in [0.2, 0.25) is 0 Å². The Bertz CT molecular complexity index is 559. The van der Waals surface area contributed by atoms with Crippen molar-refractivity contribution >= 4 is 5.91 Å². The van der Waals surface area contributed by atoms with Gasteiger partial charge in [-0.2, -0.15) is 0 Å². The molecule has 1 aromatic rings. The van der Waals surface area contributed by atoms with E-state index in [9.17, 15) is 4.79 Å². The number of aryl methyl sites for hydroxylation is 1. The Balaban J connectivity index is 2.93. The van der Waals surface area contributed by atoms with E-state index in [4.69, 9.17) is 5.11 Å². The Labute approximate surface area is 127 Å². The molecule has 0 bridgehead atoms. The zero-order valence-electron chi connectivity index (χ0n) is 13.6. The van der Waals surface area contributed by atoms with Crippen LogP contribution in [0.3, 0.4) is 0 Å². The van der Waals surface area contributed by atoms with Gasteiger partial charge in [-0.05, 0) is 43.0 Å². The number of amides is 1. The Hall–Kier alpha value is -1.79. The lowest BCUT2D eigenvalue weighted by Gasteiger charge is -2.28. The molecule has 1 rings (SSSR count). The number of carbonyl (C=O) groups excluding carboxylic acids is 1. The minimum atomic E-state index is -0.0775. The molecule has 0 aliphatic heterocycles. The third-order valence-electron chi connectivity index (χ3n) is 3.46. The van der Waals surface area contributed by atoms with Crippen LogP contribution in [0, 0.1) is 24.2 Å². The highest BCUT2D eigenvalue weighted by Gasteiger charge is 2.22. The molecule has 0 radical (unpaired) electrons. The lowest BCUT2D eigenvalue weighted by molar-refractivity contribution is 0.0910. The molecule has 1 unspecified atom stereocenters. The van der Waals surface area contributed by atoms with Gasteiger partial charge in [-0.15, -0.1) is 0 Å². The first kappa shape index (κ1) is 17.3. The first-order valence-corrected chi connectivity index (χ1v) is 7.26. The summed E-state index contributed by atoms with van der Waals surface area (Å²) in [6.07, 6.45) is 0.441. The van der Waals surface area contributed by atoms with Crippen LogP contribution >= 0.6 is 0 Å². The second kappa shape index (κ2) is 7.28. The monoisotopic (exact) mass is 287 g/mol. The molecule has 114 valence electrons. The molecule has 2 N–H and O–H groups in total. The minimum Gasteiger partial charge on any atom is -0.395 e. The number of hydrogen-bond donors (Lipinski definition) is 2. The molecule has 0 aliphatic rings. The number of aliphatic hydroxyl groups excluding tert-OH is 1. The van der Waals surface area contributed by atoms with E-state index in [0.29, 0.717) is 12.0 Å². The molecular weight excluding hydrogens is 262 g/mol.